The van der Waals surface area contributed by atoms with Crippen LogP contribution in [0.3, 0.4) is 0 Å². The summed E-state index contributed by atoms with van der Waals surface area (Å²) in [5, 5.41) is 5.36. The second kappa shape index (κ2) is 7.55. The molecule has 0 spiro atoms. The van der Waals surface area contributed by atoms with Crippen LogP contribution in [-0.4, -0.2) is 0 Å². The third kappa shape index (κ3) is 2.93. The number of hydrogen-bond donors (Lipinski definition) is 0. The van der Waals surface area contributed by atoms with Crippen molar-refractivity contribution in [3.05, 3.63) is 132 Å². The van der Waals surface area contributed by atoms with Gasteiger partial charge in [-0.1, -0.05) is 129 Å². The average molecular weight is 449 g/mol. The first-order chi connectivity index (χ1) is 17.1. The number of hydrogen-bond acceptors (Lipinski definition) is 0. The lowest BCUT2D eigenvalue weighted by atomic mass is 9.71. The predicted octanol–water partition coefficient (Wildman–Crippen LogP) is 9.44. The minimum atomic E-state index is 0.123. The minimum absolute atomic E-state index is 0.123. The molecule has 5 aromatic rings. The van der Waals surface area contributed by atoms with Crippen molar-refractivity contribution in [2.24, 2.45) is 5.92 Å². The molecule has 0 radical (unpaired) electrons. The van der Waals surface area contributed by atoms with Crippen molar-refractivity contribution >= 4 is 32.7 Å². The van der Waals surface area contributed by atoms with Gasteiger partial charge < -0.3 is 0 Å². The molecule has 0 aliphatic heterocycles. The van der Waals surface area contributed by atoms with Crippen LogP contribution < -0.4 is 0 Å². The van der Waals surface area contributed by atoms with Gasteiger partial charge in [0.2, 0.25) is 0 Å². The van der Waals surface area contributed by atoms with Crippen molar-refractivity contribution in [3.63, 3.8) is 0 Å². The lowest BCUT2D eigenvalue weighted by Crippen LogP contribution is -2.24. The van der Waals surface area contributed by atoms with Crippen LogP contribution in [0.25, 0.3) is 43.8 Å². The molecule has 0 heteroatoms. The van der Waals surface area contributed by atoms with Crippen molar-refractivity contribution in [1.82, 2.24) is 0 Å². The maximum Gasteiger partial charge on any atom is -0.00232 e. The van der Waals surface area contributed by atoms with Crippen LogP contribution in [0.15, 0.2) is 115 Å². The number of rotatable bonds is 2. The second-order valence-corrected chi connectivity index (χ2v) is 10.5. The Morgan fingerprint density at radius 2 is 1.11 bits per heavy atom. The Bertz CT molecular complexity index is 1620. The van der Waals surface area contributed by atoms with Gasteiger partial charge in [-0.15, -0.1) is 0 Å². The fourth-order valence-corrected chi connectivity index (χ4v) is 6.69. The SMILES string of the molecule is CC1(C)c2ccccc2C2=CC=C(c3c4ccccc4c(-c4ccccc4)c4ccccc34)CC21. The van der Waals surface area contributed by atoms with Crippen molar-refractivity contribution < 1.29 is 0 Å². The van der Waals surface area contributed by atoms with Crippen LogP contribution in [0, 0.1) is 5.92 Å². The molecule has 0 aromatic heterocycles. The maximum absolute atomic E-state index is 2.43. The highest BCUT2D eigenvalue weighted by molar-refractivity contribution is 6.19. The molecule has 0 saturated carbocycles. The van der Waals surface area contributed by atoms with E-state index in [1.807, 2.05) is 0 Å². The standard InChI is InChI=1S/C35H28/c1-35(2)31-19-11-10-14-25(31)26-21-20-24(22-32(26)35)34-29-17-8-6-15-27(29)33(23-12-4-3-5-13-23)28-16-7-9-18-30(28)34/h3-21,32H,22H2,1-2H3. The lowest BCUT2D eigenvalue weighted by molar-refractivity contribution is 0.418. The minimum Gasteiger partial charge on any atom is -0.0622 e. The Balaban J connectivity index is 1.51. The first-order valence-electron chi connectivity index (χ1n) is 12.6. The van der Waals surface area contributed by atoms with Crippen molar-refractivity contribution in [3.8, 4) is 11.1 Å². The molecule has 35 heavy (non-hydrogen) atoms. The van der Waals surface area contributed by atoms with Crippen molar-refractivity contribution in [1.29, 1.82) is 0 Å². The zero-order valence-corrected chi connectivity index (χ0v) is 20.3. The first kappa shape index (κ1) is 20.5. The summed E-state index contributed by atoms with van der Waals surface area (Å²) in [5.74, 6) is 0.492. The average Bonchev–Trinajstić information content (AvgIpc) is 3.14. The van der Waals surface area contributed by atoms with E-state index in [1.54, 1.807) is 0 Å². The molecule has 0 bridgehead atoms. The summed E-state index contributed by atoms with van der Waals surface area (Å²) in [6, 6.07) is 37.8. The monoisotopic (exact) mass is 448 g/mol. The van der Waals surface area contributed by atoms with Gasteiger partial charge in [0.25, 0.3) is 0 Å². The molecular formula is C35H28. The van der Waals surface area contributed by atoms with E-state index in [0.717, 1.165) is 6.42 Å². The van der Waals surface area contributed by atoms with Gasteiger partial charge in [0.1, 0.15) is 0 Å². The predicted molar refractivity (Wildman–Crippen MR) is 150 cm³/mol. The van der Waals surface area contributed by atoms with Crippen LogP contribution in [0.1, 0.15) is 37.0 Å². The Morgan fingerprint density at radius 1 is 0.571 bits per heavy atom. The van der Waals surface area contributed by atoms with E-state index in [4.69, 9.17) is 0 Å². The van der Waals surface area contributed by atoms with E-state index in [-0.39, 0.29) is 5.41 Å². The number of benzene rings is 5. The largest absolute Gasteiger partial charge is 0.0622 e. The van der Waals surface area contributed by atoms with E-state index in [9.17, 15) is 0 Å². The Hall–Kier alpha value is -3.90. The van der Waals surface area contributed by atoms with Crippen LogP contribution in [-0.2, 0) is 5.41 Å². The molecular weight excluding hydrogens is 420 g/mol. The summed E-state index contributed by atoms with van der Waals surface area (Å²) < 4.78 is 0. The van der Waals surface area contributed by atoms with E-state index in [2.05, 4.69) is 129 Å². The molecule has 0 amide bonds. The van der Waals surface area contributed by atoms with Crippen LogP contribution in [0.2, 0.25) is 0 Å². The quantitative estimate of drug-likeness (QED) is 0.236. The van der Waals surface area contributed by atoms with Crippen LogP contribution >= 0.6 is 0 Å². The van der Waals surface area contributed by atoms with Gasteiger partial charge in [-0.3, -0.25) is 0 Å². The molecule has 0 fully saturated rings. The molecule has 2 aliphatic carbocycles. The molecule has 168 valence electrons. The highest BCUT2D eigenvalue weighted by Gasteiger charge is 2.43. The van der Waals surface area contributed by atoms with Gasteiger partial charge >= 0.3 is 0 Å². The summed E-state index contributed by atoms with van der Waals surface area (Å²) in [7, 11) is 0. The molecule has 0 nitrogen and oxygen atoms in total. The summed E-state index contributed by atoms with van der Waals surface area (Å²) >= 11 is 0. The second-order valence-electron chi connectivity index (χ2n) is 10.5. The molecule has 0 N–H and O–H groups in total. The highest BCUT2D eigenvalue weighted by Crippen LogP contribution is 2.55. The molecule has 5 aromatic carbocycles. The van der Waals surface area contributed by atoms with E-state index in [0.29, 0.717) is 5.92 Å². The van der Waals surface area contributed by atoms with Gasteiger partial charge in [-0.05, 0) is 78.3 Å². The first-order valence-corrected chi connectivity index (χ1v) is 12.6. The van der Waals surface area contributed by atoms with Gasteiger partial charge in [0.05, 0.1) is 0 Å². The smallest absolute Gasteiger partial charge is 0.00232 e. The van der Waals surface area contributed by atoms with Gasteiger partial charge in [0, 0.05) is 0 Å². The highest BCUT2D eigenvalue weighted by atomic mass is 14.5. The Labute approximate surface area is 207 Å². The number of allylic oxidation sites excluding steroid dienone is 4. The normalized spacial score (nSPS) is 18.2. The lowest BCUT2D eigenvalue weighted by Gasteiger charge is -2.32. The molecule has 1 atom stereocenters. The molecule has 7 rings (SSSR count). The number of fused-ring (bicyclic) bond motifs is 5. The maximum atomic E-state index is 2.43. The van der Waals surface area contributed by atoms with Gasteiger partial charge in [0.15, 0.2) is 0 Å². The molecule has 0 saturated heterocycles. The molecule has 2 aliphatic rings. The van der Waals surface area contributed by atoms with Gasteiger partial charge in [-0.2, -0.15) is 0 Å². The fraction of sp³-hybridized carbons (Fsp3) is 0.143. The van der Waals surface area contributed by atoms with E-state index >= 15 is 0 Å². The van der Waals surface area contributed by atoms with Crippen LogP contribution in [0.4, 0.5) is 0 Å². The Morgan fingerprint density at radius 3 is 1.77 bits per heavy atom. The zero-order valence-electron chi connectivity index (χ0n) is 20.3. The molecule has 1 unspecified atom stereocenters. The van der Waals surface area contributed by atoms with Gasteiger partial charge in [-0.25, -0.2) is 0 Å². The van der Waals surface area contributed by atoms with Crippen LogP contribution in [0.5, 0.6) is 0 Å². The zero-order chi connectivity index (χ0) is 23.6. The van der Waals surface area contributed by atoms with E-state index in [1.165, 1.54) is 60.5 Å². The summed E-state index contributed by atoms with van der Waals surface area (Å²) in [6.07, 6.45) is 5.87. The summed E-state index contributed by atoms with van der Waals surface area (Å²) in [4.78, 5) is 0. The summed E-state index contributed by atoms with van der Waals surface area (Å²) in [5.41, 5.74) is 10.0. The van der Waals surface area contributed by atoms with Crippen molar-refractivity contribution in [2.75, 3.05) is 0 Å². The third-order valence-electron chi connectivity index (χ3n) is 8.38. The third-order valence-corrected chi connectivity index (χ3v) is 8.38. The van der Waals surface area contributed by atoms with Crippen molar-refractivity contribution in [2.45, 2.75) is 25.7 Å². The summed E-state index contributed by atoms with van der Waals surface area (Å²) in [6.45, 7) is 4.85. The molecule has 0 heterocycles. The topological polar surface area (TPSA) is 0 Å². The fourth-order valence-electron chi connectivity index (χ4n) is 6.69. The van der Waals surface area contributed by atoms with E-state index < -0.39 is 0 Å². The Kier molecular flexibility index (Phi) is 4.42.